The second-order valence-corrected chi connectivity index (χ2v) is 21.3. The number of aliphatic hydroxyl groups is 3. The van der Waals surface area contributed by atoms with Crippen molar-refractivity contribution < 1.29 is 20.1 Å². The average Bonchev–Trinajstić information content (AvgIpc) is 3.32. The van der Waals surface area contributed by atoms with Crippen LogP contribution in [0.4, 0.5) is 0 Å². The molecule has 0 aromatic rings. The fraction of sp³-hybridized carbons (Fsp3) is 0.951. The predicted molar refractivity (Wildman–Crippen MR) is 292 cm³/mol. The van der Waals surface area contributed by atoms with Crippen LogP contribution in [-0.2, 0) is 4.79 Å². The van der Waals surface area contributed by atoms with E-state index < -0.39 is 24.2 Å². The van der Waals surface area contributed by atoms with E-state index in [4.69, 9.17) is 0 Å². The summed E-state index contributed by atoms with van der Waals surface area (Å²) in [5.41, 5.74) is 0. The zero-order valence-electron chi connectivity index (χ0n) is 45.1. The number of unbranched alkanes of at least 4 members (excludes halogenated alkanes) is 47. The number of aliphatic hydroxyl groups excluding tert-OH is 3. The maximum Gasteiger partial charge on any atom is 0.249 e. The molecule has 394 valence electrons. The smallest absolute Gasteiger partial charge is 0.249 e. The molecule has 0 spiro atoms. The van der Waals surface area contributed by atoms with Crippen LogP contribution in [0.1, 0.15) is 348 Å². The van der Waals surface area contributed by atoms with Crippen LogP contribution in [0.5, 0.6) is 0 Å². The van der Waals surface area contributed by atoms with Gasteiger partial charge >= 0.3 is 0 Å². The van der Waals surface area contributed by atoms with Gasteiger partial charge in [0.1, 0.15) is 6.10 Å². The highest BCUT2D eigenvalue weighted by atomic mass is 16.3. The van der Waals surface area contributed by atoms with Gasteiger partial charge in [0.25, 0.3) is 0 Å². The molecule has 1 amide bonds. The second kappa shape index (κ2) is 56.7. The lowest BCUT2D eigenvalue weighted by Gasteiger charge is -2.23. The summed E-state index contributed by atoms with van der Waals surface area (Å²) < 4.78 is 0. The molecule has 0 radical (unpaired) electrons. The van der Waals surface area contributed by atoms with E-state index in [1.807, 2.05) is 0 Å². The molecule has 66 heavy (non-hydrogen) atoms. The summed E-state index contributed by atoms with van der Waals surface area (Å²) in [6.07, 6.45) is 71.4. The summed E-state index contributed by atoms with van der Waals surface area (Å²) in [5.74, 6) is -0.463. The van der Waals surface area contributed by atoms with Crippen LogP contribution in [-0.4, -0.2) is 46.1 Å². The van der Waals surface area contributed by atoms with E-state index in [1.54, 1.807) is 0 Å². The summed E-state index contributed by atoms with van der Waals surface area (Å²) >= 11 is 0. The number of carbonyl (C=O) groups is 1. The van der Waals surface area contributed by atoms with E-state index in [1.165, 1.54) is 289 Å². The lowest BCUT2D eigenvalue weighted by Crippen LogP contribution is -2.49. The largest absolute Gasteiger partial charge is 0.394 e. The van der Waals surface area contributed by atoms with E-state index in [0.29, 0.717) is 12.8 Å². The van der Waals surface area contributed by atoms with Crippen molar-refractivity contribution in [3.63, 3.8) is 0 Å². The number of carbonyl (C=O) groups excluding carboxylic acids is 1. The standard InChI is InChI=1S/C61H121NO4/c1-3-5-7-9-11-13-15-17-19-21-23-25-26-27-28-29-30-31-32-33-34-36-38-40-42-44-46-48-50-52-54-56-60(65)61(66)62-58(57-63)59(64)55-53-51-49-47-45-43-41-39-37-35-24-22-20-18-16-14-12-10-8-6-4-2/h27-28,58-60,63-65H,3-26,29-57H2,1-2H3,(H,62,66)/b28-27-. The average molecular weight is 933 g/mol. The molecule has 0 aromatic carbocycles. The van der Waals surface area contributed by atoms with Crippen LogP contribution in [0.15, 0.2) is 12.2 Å². The molecule has 0 saturated heterocycles. The number of rotatable bonds is 57. The van der Waals surface area contributed by atoms with Crippen molar-refractivity contribution in [1.82, 2.24) is 5.32 Å². The zero-order chi connectivity index (χ0) is 47.9. The lowest BCUT2D eigenvalue weighted by molar-refractivity contribution is -0.131. The molecule has 0 fully saturated rings. The van der Waals surface area contributed by atoms with Gasteiger partial charge in [0.2, 0.25) is 5.91 Å². The van der Waals surface area contributed by atoms with Crippen molar-refractivity contribution >= 4 is 5.91 Å². The minimum atomic E-state index is -1.07. The molecule has 5 nitrogen and oxygen atoms in total. The summed E-state index contributed by atoms with van der Waals surface area (Å²) in [4.78, 5) is 12.6. The minimum Gasteiger partial charge on any atom is -0.394 e. The molecule has 0 heterocycles. The highest BCUT2D eigenvalue weighted by Gasteiger charge is 2.23. The number of nitrogens with one attached hydrogen (secondary N) is 1. The SMILES string of the molecule is CCCCCCCCCCCCCC/C=C\CCCCCCCCCCCCCCCCCC(O)C(=O)NC(CO)C(O)CCCCCCCCCCCCCCCCCCCCCCC. The normalized spacial score (nSPS) is 13.2. The van der Waals surface area contributed by atoms with Crippen LogP contribution in [0.2, 0.25) is 0 Å². The Labute approximate surface area is 414 Å². The first-order chi connectivity index (χ1) is 32.6. The molecule has 0 aliphatic rings. The number of amides is 1. The third-order valence-corrected chi connectivity index (χ3v) is 14.6. The second-order valence-electron chi connectivity index (χ2n) is 21.3. The Balaban J connectivity index is 3.48. The summed E-state index contributed by atoms with van der Waals surface area (Å²) in [5, 5.41) is 33.6. The monoisotopic (exact) mass is 932 g/mol. The van der Waals surface area contributed by atoms with Crippen LogP contribution in [0, 0.1) is 0 Å². The Kier molecular flexibility index (Phi) is 55.9. The van der Waals surface area contributed by atoms with E-state index in [0.717, 1.165) is 32.1 Å². The van der Waals surface area contributed by atoms with Crippen molar-refractivity contribution in [3.05, 3.63) is 12.2 Å². The summed E-state index contributed by atoms with van der Waals surface area (Å²) in [6.45, 7) is 4.28. The molecule has 0 bridgehead atoms. The third-order valence-electron chi connectivity index (χ3n) is 14.6. The fourth-order valence-electron chi connectivity index (χ4n) is 9.90. The molecule has 3 atom stereocenters. The Morgan fingerprint density at radius 3 is 0.833 bits per heavy atom. The van der Waals surface area contributed by atoms with Gasteiger partial charge in [-0.3, -0.25) is 4.79 Å². The Bertz CT molecular complexity index is 940. The minimum absolute atomic E-state index is 0.309. The van der Waals surface area contributed by atoms with Gasteiger partial charge in [-0.25, -0.2) is 0 Å². The van der Waals surface area contributed by atoms with E-state index in [9.17, 15) is 20.1 Å². The van der Waals surface area contributed by atoms with Gasteiger partial charge in [-0.1, -0.05) is 321 Å². The molecular formula is C61H121NO4. The first-order valence-electron chi connectivity index (χ1n) is 30.5. The molecule has 0 aromatic heterocycles. The Morgan fingerprint density at radius 1 is 0.348 bits per heavy atom. The lowest BCUT2D eigenvalue weighted by atomic mass is 10.0. The molecule has 4 N–H and O–H groups in total. The van der Waals surface area contributed by atoms with E-state index >= 15 is 0 Å². The van der Waals surface area contributed by atoms with Gasteiger partial charge in [0.15, 0.2) is 0 Å². The zero-order valence-corrected chi connectivity index (χ0v) is 45.1. The fourth-order valence-corrected chi connectivity index (χ4v) is 9.90. The molecule has 0 rings (SSSR count). The molecule has 3 unspecified atom stereocenters. The maximum atomic E-state index is 12.6. The van der Waals surface area contributed by atoms with Crippen LogP contribution in [0.25, 0.3) is 0 Å². The topological polar surface area (TPSA) is 89.8 Å². The molecule has 0 aliphatic heterocycles. The van der Waals surface area contributed by atoms with Gasteiger partial charge in [-0.05, 0) is 38.5 Å². The van der Waals surface area contributed by atoms with E-state index in [-0.39, 0.29) is 6.61 Å². The summed E-state index contributed by atoms with van der Waals surface area (Å²) in [7, 11) is 0. The number of hydrogen-bond donors (Lipinski definition) is 4. The van der Waals surface area contributed by atoms with Crippen molar-refractivity contribution in [1.29, 1.82) is 0 Å². The quantitative estimate of drug-likeness (QED) is 0.0361. The van der Waals surface area contributed by atoms with Crippen molar-refractivity contribution in [2.45, 2.75) is 366 Å². The van der Waals surface area contributed by atoms with Gasteiger partial charge in [-0.15, -0.1) is 0 Å². The van der Waals surface area contributed by atoms with Crippen LogP contribution < -0.4 is 5.32 Å². The van der Waals surface area contributed by atoms with Gasteiger partial charge in [0.05, 0.1) is 18.8 Å². The first kappa shape index (κ1) is 65.1. The van der Waals surface area contributed by atoms with Crippen molar-refractivity contribution in [3.8, 4) is 0 Å². The van der Waals surface area contributed by atoms with Crippen LogP contribution in [0.3, 0.4) is 0 Å². The third kappa shape index (κ3) is 51.0. The number of hydrogen-bond acceptors (Lipinski definition) is 4. The molecular weight excluding hydrogens is 811 g/mol. The maximum absolute atomic E-state index is 12.6. The van der Waals surface area contributed by atoms with Gasteiger partial charge in [0, 0.05) is 0 Å². The van der Waals surface area contributed by atoms with Crippen molar-refractivity contribution in [2.75, 3.05) is 6.61 Å². The molecule has 0 aliphatic carbocycles. The molecule has 5 heteroatoms. The van der Waals surface area contributed by atoms with Gasteiger partial charge in [-0.2, -0.15) is 0 Å². The van der Waals surface area contributed by atoms with E-state index in [2.05, 4.69) is 31.3 Å². The van der Waals surface area contributed by atoms with Crippen LogP contribution >= 0.6 is 0 Å². The number of allylic oxidation sites excluding steroid dienone is 2. The first-order valence-corrected chi connectivity index (χ1v) is 30.5. The predicted octanol–water partition coefficient (Wildman–Crippen LogP) is 19.1. The Morgan fingerprint density at radius 2 is 0.576 bits per heavy atom. The van der Waals surface area contributed by atoms with Gasteiger partial charge < -0.3 is 20.6 Å². The molecule has 0 saturated carbocycles. The highest BCUT2D eigenvalue weighted by Crippen LogP contribution is 2.19. The van der Waals surface area contributed by atoms with Crippen molar-refractivity contribution in [2.24, 2.45) is 0 Å². The summed E-state index contributed by atoms with van der Waals surface area (Å²) in [6, 6.07) is -0.710. The highest BCUT2D eigenvalue weighted by molar-refractivity contribution is 5.80. The Hall–Kier alpha value is -0.910.